The van der Waals surface area contributed by atoms with Gasteiger partial charge in [-0.25, -0.2) is 4.79 Å². The lowest BCUT2D eigenvalue weighted by Crippen LogP contribution is -2.08. The van der Waals surface area contributed by atoms with E-state index in [9.17, 15) is 4.79 Å². The van der Waals surface area contributed by atoms with Gasteiger partial charge in [-0.05, 0) is 35.1 Å². The van der Waals surface area contributed by atoms with Crippen LogP contribution in [0.2, 0.25) is 0 Å². The molecule has 0 spiro atoms. The van der Waals surface area contributed by atoms with Gasteiger partial charge in [-0.3, -0.25) is 0 Å². The fourth-order valence-electron chi connectivity index (χ4n) is 2.97. The molecule has 0 fully saturated rings. The van der Waals surface area contributed by atoms with Crippen molar-refractivity contribution in [2.24, 2.45) is 0 Å². The molecule has 3 heteroatoms. The maximum absolute atomic E-state index is 11.7. The molecule has 0 saturated heterocycles. The summed E-state index contributed by atoms with van der Waals surface area (Å²) in [4.78, 5) is 11.7. The third-order valence-electron chi connectivity index (χ3n) is 3.99. The molecule has 0 saturated carbocycles. The SMILES string of the molecule is C=CC(=O)Oc1c(CCCO)ccc2c1Cc1ccccc1-2. The largest absolute Gasteiger partial charge is 0.423 e. The Kier molecular flexibility index (Phi) is 4.07. The molecule has 1 aliphatic rings. The molecular formula is C19H18O3. The van der Waals surface area contributed by atoms with Crippen molar-refractivity contribution in [3.8, 4) is 16.9 Å². The van der Waals surface area contributed by atoms with Gasteiger partial charge in [0.25, 0.3) is 0 Å². The topological polar surface area (TPSA) is 46.5 Å². The van der Waals surface area contributed by atoms with Crippen molar-refractivity contribution in [2.45, 2.75) is 19.3 Å². The first-order chi connectivity index (χ1) is 10.7. The van der Waals surface area contributed by atoms with Crippen LogP contribution in [0.15, 0.2) is 49.1 Å². The van der Waals surface area contributed by atoms with E-state index in [0.717, 1.165) is 23.1 Å². The Bertz CT molecular complexity index is 731. The number of esters is 1. The molecule has 0 heterocycles. The van der Waals surface area contributed by atoms with E-state index in [1.165, 1.54) is 17.2 Å². The summed E-state index contributed by atoms with van der Waals surface area (Å²) in [6.07, 6.45) is 3.26. The van der Waals surface area contributed by atoms with Gasteiger partial charge in [0.2, 0.25) is 0 Å². The number of aliphatic hydroxyl groups is 1. The van der Waals surface area contributed by atoms with E-state index in [2.05, 4.69) is 24.8 Å². The van der Waals surface area contributed by atoms with Crippen molar-refractivity contribution in [3.63, 3.8) is 0 Å². The smallest absolute Gasteiger partial charge is 0.335 e. The molecule has 3 rings (SSSR count). The van der Waals surface area contributed by atoms with Crippen LogP contribution in [-0.4, -0.2) is 17.7 Å². The van der Waals surface area contributed by atoms with Crippen LogP contribution in [0.4, 0.5) is 0 Å². The molecule has 0 aromatic heterocycles. The molecule has 22 heavy (non-hydrogen) atoms. The van der Waals surface area contributed by atoms with Gasteiger partial charge in [-0.2, -0.15) is 0 Å². The highest BCUT2D eigenvalue weighted by molar-refractivity contribution is 5.86. The molecule has 2 aromatic carbocycles. The molecule has 0 aliphatic heterocycles. The number of aliphatic hydroxyl groups excluding tert-OH is 1. The highest BCUT2D eigenvalue weighted by Crippen LogP contribution is 2.43. The van der Waals surface area contributed by atoms with Crippen molar-refractivity contribution in [3.05, 3.63) is 65.7 Å². The van der Waals surface area contributed by atoms with Crippen molar-refractivity contribution >= 4 is 5.97 Å². The molecule has 1 aliphatic carbocycles. The predicted molar refractivity (Wildman–Crippen MR) is 85.9 cm³/mol. The van der Waals surface area contributed by atoms with E-state index < -0.39 is 5.97 Å². The van der Waals surface area contributed by atoms with Crippen LogP contribution in [0.3, 0.4) is 0 Å². The average Bonchev–Trinajstić information content (AvgIpc) is 2.93. The Hall–Kier alpha value is -2.39. The zero-order valence-electron chi connectivity index (χ0n) is 12.3. The summed E-state index contributed by atoms with van der Waals surface area (Å²) in [6, 6.07) is 12.3. The number of carbonyl (C=O) groups excluding carboxylic acids is 1. The zero-order valence-corrected chi connectivity index (χ0v) is 12.3. The first-order valence-electron chi connectivity index (χ1n) is 7.42. The van der Waals surface area contributed by atoms with Gasteiger partial charge in [0.05, 0.1) is 0 Å². The third kappa shape index (κ3) is 2.55. The second-order valence-electron chi connectivity index (χ2n) is 5.37. The molecule has 112 valence electrons. The van der Waals surface area contributed by atoms with Crippen molar-refractivity contribution in [1.29, 1.82) is 0 Å². The molecule has 0 unspecified atom stereocenters. The minimum Gasteiger partial charge on any atom is -0.423 e. The lowest BCUT2D eigenvalue weighted by molar-refractivity contribution is -0.129. The highest BCUT2D eigenvalue weighted by atomic mass is 16.5. The molecular weight excluding hydrogens is 276 g/mol. The van der Waals surface area contributed by atoms with Crippen LogP contribution in [-0.2, 0) is 17.6 Å². The third-order valence-corrected chi connectivity index (χ3v) is 3.99. The van der Waals surface area contributed by atoms with Gasteiger partial charge >= 0.3 is 5.97 Å². The average molecular weight is 294 g/mol. The highest BCUT2D eigenvalue weighted by Gasteiger charge is 2.24. The number of ether oxygens (including phenoxy) is 1. The van der Waals surface area contributed by atoms with Crippen molar-refractivity contribution in [1.82, 2.24) is 0 Å². The number of rotatable bonds is 5. The van der Waals surface area contributed by atoms with E-state index in [0.29, 0.717) is 18.6 Å². The fraction of sp³-hybridized carbons (Fsp3) is 0.211. The minimum absolute atomic E-state index is 0.117. The standard InChI is InChI=1S/C19H18O3/c1-2-18(21)22-19-13(7-5-11-20)9-10-16-15-8-4-3-6-14(15)12-17(16)19/h2-4,6,8-10,20H,1,5,7,11-12H2. The van der Waals surface area contributed by atoms with Crippen molar-refractivity contribution in [2.75, 3.05) is 6.61 Å². The molecule has 0 atom stereocenters. The Balaban J connectivity index is 2.08. The molecule has 0 bridgehead atoms. The van der Waals surface area contributed by atoms with Gasteiger partial charge in [0.15, 0.2) is 0 Å². The van der Waals surface area contributed by atoms with Gasteiger partial charge < -0.3 is 9.84 Å². The number of hydrogen-bond donors (Lipinski definition) is 1. The van der Waals surface area contributed by atoms with Crippen LogP contribution in [0, 0.1) is 0 Å². The Morgan fingerprint density at radius 2 is 2.05 bits per heavy atom. The minimum atomic E-state index is -0.449. The number of hydrogen-bond acceptors (Lipinski definition) is 3. The fourth-order valence-corrected chi connectivity index (χ4v) is 2.97. The summed E-state index contributed by atoms with van der Waals surface area (Å²) in [5.74, 6) is 0.182. The monoisotopic (exact) mass is 294 g/mol. The second kappa shape index (κ2) is 6.16. The molecule has 3 nitrogen and oxygen atoms in total. The Labute approximate surface area is 129 Å². The maximum Gasteiger partial charge on any atom is 0.335 e. The lowest BCUT2D eigenvalue weighted by atomic mass is 9.99. The summed E-state index contributed by atoms with van der Waals surface area (Å²) in [5, 5.41) is 9.06. The predicted octanol–water partition coefficient (Wildman–Crippen LogP) is 3.27. The molecule has 0 amide bonds. The second-order valence-corrected chi connectivity index (χ2v) is 5.37. The van der Waals surface area contributed by atoms with E-state index in [1.54, 1.807) is 0 Å². The van der Waals surface area contributed by atoms with Crippen LogP contribution in [0.1, 0.15) is 23.1 Å². The lowest BCUT2D eigenvalue weighted by Gasteiger charge is -2.13. The summed E-state index contributed by atoms with van der Waals surface area (Å²) >= 11 is 0. The van der Waals surface area contributed by atoms with Crippen LogP contribution >= 0.6 is 0 Å². The van der Waals surface area contributed by atoms with E-state index in [-0.39, 0.29) is 6.61 Å². The first kappa shape index (κ1) is 14.5. The quantitative estimate of drug-likeness (QED) is 0.446. The van der Waals surface area contributed by atoms with E-state index in [4.69, 9.17) is 9.84 Å². The molecule has 1 N–H and O–H groups in total. The first-order valence-corrected chi connectivity index (χ1v) is 7.42. The molecule has 2 aromatic rings. The Morgan fingerprint density at radius 3 is 2.82 bits per heavy atom. The van der Waals surface area contributed by atoms with E-state index >= 15 is 0 Å². The normalized spacial score (nSPS) is 11.7. The van der Waals surface area contributed by atoms with Crippen LogP contribution < -0.4 is 4.74 Å². The number of fused-ring (bicyclic) bond motifs is 3. The number of carbonyl (C=O) groups is 1. The summed E-state index contributed by atoms with van der Waals surface area (Å²) in [7, 11) is 0. The Morgan fingerprint density at radius 1 is 1.23 bits per heavy atom. The van der Waals surface area contributed by atoms with Gasteiger partial charge in [0, 0.05) is 24.7 Å². The van der Waals surface area contributed by atoms with Crippen molar-refractivity contribution < 1.29 is 14.6 Å². The van der Waals surface area contributed by atoms with Gasteiger partial charge in [-0.15, -0.1) is 0 Å². The summed E-state index contributed by atoms with van der Waals surface area (Å²) in [6.45, 7) is 3.58. The van der Waals surface area contributed by atoms with E-state index in [1.807, 2.05) is 18.2 Å². The molecule has 0 radical (unpaired) electrons. The van der Waals surface area contributed by atoms with Crippen LogP contribution in [0.25, 0.3) is 11.1 Å². The summed E-state index contributed by atoms with van der Waals surface area (Å²) in [5.41, 5.74) is 5.56. The van der Waals surface area contributed by atoms with Crippen LogP contribution in [0.5, 0.6) is 5.75 Å². The maximum atomic E-state index is 11.7. The van der Waals surface area contributed by atoms with Gasteiger partial charge in [0.1, 0.15) is 5.75 Å². The zero-order chi connectivity index (χ0) is 15.5. The summed E-state index contributed by atoms with van der Waals surface area (Å²) < 4.78 is 5.53. The number of benzene rings is 2. The van der Waals surface area contributed by atoms with Gasteiger partial charge in [-0.1, -0.05) is 43.0 Å². The number of aryl methyl sites for hydroxylation is 1.